The molecule has 1 rings (SSSR count). The standard InChI is InChI=1S/C8H13IO3/c1-5-7(9)3-6(12-5)4-8(10)11-2/h5-7H,3-4H2,1-2H3/t5-,6+,7+/m0/s1. The molecule has 12 heavy (non-hydrogen) atoms. The maximum absolute atomic E-state index is 10.9. The number of halogens is 1. The van der Waals surface area contributed by atoms with Gasteiger partial charge in [0.25, 0.3) is 0 Å². The topological polar surface area (TPSA) is 35.5 Å². The number of esters is 1. The van der Waals surface area contributed by atoms with E-state index >= 15 is 0 Å². The molecular weight excluding hydrogens is 271 g/mol. The summed E-state index contributed by atoms with van der Waals surface area (Å²) in [7, 11) is 1.41. The van der Waals surface area contributed by atoms with E-state index in [0.29, 0.717) is 10.3 Å². The molecule has 0 spiro atoms. The number of hydrogen-bond acceptors (Lipinski definition) is 3. The van der Waals surface area contributed by atoms with Gasteiger partial charge in [0.1, 0.15) is 0 Å². The summed E-state index contributed by atoms with van der Waals surface area (Å²) in [5, 5.41) is 0. The number of alkyl halides is 1. The fraction of sp³-hybridized carbons (Fsp3) is 0.875. The largest absolute Gasteiger partial charge is 0.469 e. The maximum atomic E-state index is 10.9. The Morgan fingerprint density at radius 2 is 2.42 bits per heavy atom. The molecule has 1 heterocycles. The number of ether oxygens (including phenoxy) is 2. The van der Waals surface area contributed by atoms with Crippen molar-refractivity contribution in [2.75, 3.05) is 7.11 Å². The minimum absolute atomic E-state index is 0.0642. The third-order valence-corrected chi connectivity index (χ3v) is 3.55. The Balaban J connectivity index is 2.32. The second kappa shape index (κ2) is 4.41. The van der Waals surface area contributed by atoms with Gasteiger partial charge in [-0.3, -0.25) is 4.79 Å². The molecule has 0 amide bonds. The average molecular weight is 284 g/mol. The third-order valence-electron chi connectivity index (χ3n) is 2.03. The van der Waals surface area contributed by atoms with Crippen LogP contribution in [0.15, 0.2) is 0 Å². The second-order valence-corrected chi connectivity index (χ2v) is 4.60. The molecule has 4 heteroatoms. The van der Waals surface area contributed by atoms with Gasteiger partial charge in [0.05, 0.1) is 25.7 Å². The SMILES string of the molecule is COC(=O)C[C@H]1C[C@@H](I)[C@H](C)O1. The molecule has 3 nitrogen and oxygen atoms in total. The van der Waals surface area contributed by atoms with Gasteiger partial charge in [0.15, 0.2) is 0 Å². The van der Waals surface area contributed by atoms with E-state index in [0.717, 1.165) is 6.42 Å². The van der Waals surface area contributed by atoms with Crippen molar-refractivity contribution >= 4 is 28.6 Å². The number of methoxy groups -OCH3 is 1. The fourth-order valence-corrected chi connectivity index (χ4v) is 2.02. The lowest BCUT2D eigenvalue weighted by Crippen LogP contribution is -2.14. The van der Waals surface area contributed by atoms with Gasteiger partial charge in [-0.2, -0.15) is 0 Å². The van der Waals surface area contributed by atoms with Gasteiger partial charge in [0, 0.05) is 3.92 Å². The molecule has 1 aliphatic heterocycles. The fourth-order valence-electron chi connectivity index (χ4n) is 1.29. The van der Waals surface area contributed by atoms with Gasteiger partial charge in [-0.1, -0.05) is 22.6 Å². The van der Waals surface area contributed by atoms with Gasteiger partial charge in [-0.15, -0.1) is 0 Å². The van der Waals surface area contributed by atoms with Crippen molar-refractivity contribution < 1.29 is 14.3 Å². The first-order valence-corrected chi connectivity index (χ1v) is 5.24. The zero-order valence-corrected chi connectivity index (χ0v) is 9.41. The summed E-state index contributed by atoms with van der Waals surface area (Å²) in [6, 6.07) is 0. The van der Waals surface area contributed by atoms with Crippen LogP contribution in [0.1, 0.15) is 19.8 Å². The molecule has 1 fully saturated rings. The molecule has 0 aliphatic carbocycles. The number of carbonyl (C=O) groups is 1. The van der Waals surface area contributed by atoms with Crippen molar-refractivity contribution in [3.05, 3.63) is 0 Å². The van der Waals surface area contributed by atoms with E-state index < -0.39 is 0 Å². The highest BCUT2D eigenvalue weighted by Crippen LogP contribution is 2.28. The lowest BCUT2D eigenvalue weighted by atomic mass is 10.1. The molecule has 0 aromatic rings. The molecule has 0 saturated carbocycles. The van der Waals surface area contributed by atoms with E-state index in [2.05, 4.69) is 27.3 Å². The van der Waals surface area contributed by atoms with E-state index in [1.807, 2.05) is 6.92 Å². The van der Waals surface area contributed by atoms with Crippen LogP contribution >= 0.6 is 22.6 Å². The third kappa shape index (κ3) is 2.58. The first-order chi connectivity index (χ1) is 5.63. The van der Waals surface area contributed by atoms with Crippen LogP contribution in [0.4, 0.5) is 0 Å². The lowest BCUT2D eigenvalue weighted by Gasteiger charge is -2.08. The average Bonchev–Trinajstić information content (AvgIpc) is 2.31. The molecule has 1 aliphatic rings. The zero-order chi connectivity index (χ0) is 9.14. The van der Waals surface area contributed by atoms with Crippen molar-refractivity contribution in [1.29, 1.82) is 0 Å². The minimum Gasteiger partial charge on any atom is -0.469 e. The molecule has 3 atom stereocenters. The Morgan fingerprint density at radius 3 is 2.83 bits per heavy atom. The predicted molar refractivity (Wildman–Crippen MR) is 53.4 cm³/mol. The van der Waals surface area contributed by atoms with E-state index in [9.17, 15) is 4.79 Å². The maximum Gasteiger partial charge on any atom is 0.308 e. The van der Waals surface area contributed by atoms with Crippen LogP contribution in [0.5, 0.6) is 0 Å². The van der Waals surface area contributed by atoms with Gasteiger partial charge in [-0.25, -0.2) is 0 Å². The second-order valence-electron chi connectivity index (χ2n) is 3.00. The molecular formula is C8H13IO3. The van der Waals surface area contributed by atoms with Crippen molar-refractivity contribution in [3.8, 4) is 0 Å². The van der Waals surface area contributed by atoms with E-state index in [1.54, 1.807) is 0 Å². The summed E-state index contributed by atoms with van der Waals surface area (Å²) >= 11 is 2.35. The molecule has 0 aromatic heterocycles. The van der Waals surface area contributed by atoms with Gasteiger partial charge in [0.2, 0.25) is 0 Å². The first-order valence-electron chi connectivity index (χ1n) is 4.00. The normalized spacial score (nSPS) is 35.1. The monoisotopic (exact) mass is 284 g/mol. The highest BCUT2D eigenvalue weighted by Gasteiger charge is 2.31. The summed E-state index contributed by atoms with van der Waals surface area (Å²) in [6.07, 6.45) is 1.67. The Kier molecular flexibility index (Phi) is 3.77. The molecule has 0 N–H and O–H groups in total. The van der Waals surface area contributed by atoms with Crippen LogP contribution in [0.25, 0.3) is 0 Å². The minimum atomic E-state index is -0.183. The summed E-state index contributed by atoms with van der Waals surface area (Å²) in [6.45, 7) is 2.04. The highest BCUT2D eigenvalue weighted by atomic mass is 127. The molecule has 0 aromatic carbocycles. The van der Waals surface area contributed by atoms with Crippen LogP contribution in [0.3, 0.4) is 0 Å². The quantitative estimate of drug-likeness (QED) is 0.438. The van der Waals surface area contributed by atoms with E-state index in [1.165, 1.54) is 7.11 Å². The molecule has 0 radical (unpaired) electrons. The van der Waals surface area contributed by atoms with Crippen LogP contribution in [-0.4, -0.2) is 29.2 Å². The van der Waals surface area contributed by atoms with E-state index in [-0.39, 0.29) is 18.2 Å². The van der Waals surface area contributed by atoms with Crippen LogP contribution in [0, 0.1) is 0 Å². The lowest BCUT2D eigenvalue weighted by molar-refractivity contribution is -0.143. The highest BCUT2D eigenvalue weighted by molar-refractivity contribution is 14.1. The smallest absolute Gasteiger partial charge is 0.308 e. The van der Waals surface area contributed by atoms with Crippen molar-refractivity contribution in [2.45, 2.75) is 35.9 Å². The summed E-state index contributed by atoms with van der Waals surface area (Å²) in [4.78, 5) is 10.9. The molecule has 0 bridgehead atoms. The number of rotatable bonds is 2. The summed E-state index contributed by atoms with van der Waals surface area (Å²) in [5.74, 6) is -0.183. The van der Waals surface area contributed by atoms with Crippen molar-refractivity contribution in [2.24, 2.45) is 0 Å². The Hall–Kier alpha value is 0.160. The first kappa shape index (κ1) is 10.2. The van der Waals surface area contributed by atoms with Crippen LogP contribution < -0.4 is 0 Å². The zero-order valence-electron chi connectivity index (χ0n) is 7.25. The predicted octanol–water partition coefficient (Wildman–Crippen LogP) is 1.53. The van der Waals surface area contributed by atoms with Crippen LogP contribution in [0.2, 0.25) is 0 Å². The summed E-state index contributed by atoms with van der Waals surface area (Å²) in [5.41, 5.74) is 0. The van der Waals surface area contributed by atoms with Crippen molar-refractivity contribution in [1.82, 2.24) is 0 Å². The number of carbonyl (C=O) groups excluding carboxylic acids is 1. The molecule has 70 valence electrons. The van der Waals surface area contributed by atoms with Crippen molar-refractivity contribution in [3.63, 3.8) is 0 Å². The van der Waals surface area contributed by atoms with E-state index in [4.69, 9.17) is 4.74 Å². The van der Waals surface area contributed by atoms with Crippen LogP contribution in [-0.2, 0) is 14.3 Å². The Morgan fingerprint density at radius 1 is 1.75 bits per heavy atom. The van der Waals surface area contributed by atoms with Gasteiger partial charge >= 0.3 is 5.97 Å². The number of hydrogen-bond donors (Lipinski definition) is 0. The molecule has 1 saturated heterocycles. The van der Waals surface area contributed by atoms with Gasteiger partial charge in [-0.05, 0) is 13.3 Å². The Bertz CT molecular complexity index is 162. The Labute approximate surface area is 85.9 Å². The molecule has 0 unspecified atom stereocenters. The summed E-state index contributed by atoms with van der Waals surface area (Å²) < 4.78 is 10.6. The van der Waals surface area contributed by atoms with Gasteiger partial charge < -0.3 is 9.47 Å².